The van der Waals surface area contributed by atoms with Gasteiger partial charge in [-0.3, -0.25) is 0 Å². The topological polar surface area (TPSA) is 23.8 Å². The molecule has 2 aliphatic carbocycles. The lowest BCUT2D eigenvalue weighted by Crippen LogP contribution is -2.34. The van der Waals surface area contributed by atoms with Crippen LogP contribution < -0.4 is 0 Å². The van der Waals surface area contributed by atoms with Gasteiger partial charge >= 0.3 is 0 Å². The van der Waals surface area contributed by atoms with E-state index in [0.29, 0.717) is 16.6 Å². The van der Waals surface area contributed by atoms with Crippen molar-refractivity contribution < 1.29 is 0 Å². The van der Waals surface area contributed by atoms with Crippen molar-refractivity contribution in [2.24, 2.45) is 23.2 Å². The minimum Gasteiger partial charge on any atom is -0.185 e. The molecule has 4 unspecified atom stereocenters. The zero-order valence-corrected chi connectivity index (χ0v) is 12.9. The monoisotopic (exact) mass is 263 g/mol. The normalized spacial score (nSPS) is 40.0. The molecule has 1 fully saturated rings. The van der Waals surface area contributed by atoms with E-state index in [9.17, 15) is 0 Å². The largest absolute Gasteiger partial charge is 0.185 e. The molecule has 0 aromatic heterocycles. The summed E-state index contributed by atoms with van der Waals surface area (Å²) < 4.78 is 0. The highest BCUT2D eigenvalue weighted by Gasteiger charge is 2.50. The maximum Gasteiger partial charge on any atom is 0.133 e. The van der Waals surface area contributed by atoms with Crippen LogP contribution in [0.25, 0.3) is 0 Å². The molecule has 0 N–H and O–H groups in total. The van der Waals surface area contributed by atoms with Crippen LogP contribution >= 0.6 is 11.8 Å². The molecule has 1 nitrogen and oxygen atoms in total. The Labute approximate surface area is 116 Å². The summed E-state index contributed by atoms with van der Waals surface area (Å²) in [5.41, 5.74) is 1.88. The first-order valence-corrected chi connectivity index (χ1v) is 8.09. The molecular formula is C16H25NS. The average molecular weight is 263 g/mol. The van der Waals surface area contributed by atoms with Crippen molar-refractivity contribution in [2.75, 3.05) is 0 Å². The van der Waals surface area contributed by atoms with E-state index in [1.165, 1.54) is 37.4 Å². The number of allylic oxidation sites excluding steroid dienone is 2. The molecule has 1 saturated carbocycles. The molecular weight excluding hydrogens is 238 g/mol. The summed E-state index contributed by atoms with van der Waals surface area (Å²) in [6.07, 6.45) is 7.54. The maximum atomic E-state index is 9.08. The predicted octanol–water partition coefficient (Wildman–Crippen LogP) is 5.00. The number of fused-ring (bicyclic) bond motifs is 1. The van der Waals surface area contributed by atoms with Crippen molar-refractivity contribution in [1.82, 2.24) is 0 Å². The van der Waals surface area contributed by atoms with Crippen molar-refractivity contribution >= 4 is 11.8 Å². The van der Waals surface area contributed by atoms with Crippen LogP contribution in [0.1, 0.15) is 53.4 Å². The molecule has 100 valence electrons. The Balaban J connectivity index is 2.34. The van der Waals surface area contributed by atoms with Crippen molar-refractivity contribution in [2.45, 2.75) is 58.6 Å². The maximum absolute atomic E-state index is 9.08. The minimum atomic E-state index is 0.340. The average Bonchev–Trinajstić information content (AvgIpc) is 2.58. The summed E-state index contributed by atoms with van der Waals surface area (Å²) >= 11 is 1.53. The molecule has 2 heteroatoms. The predicted molar refractivity (Wildman–Crippen MR) is 79.1 cm³/mol. The van der Waals surface area contributed by atoms with E-state index in [-0.39, 0.29) is 0 Å². The van der Waals surface area contributed by atoms with Crippen LogP contribution in [0.2, 0.25) is 0 Å². The van der Waals surface area contributed by atoms with Crippen molar-refractivity contribution in [3.63, 3.8) is 0 Å². The molecule has 4 atom stereocenters. The Hall–Kier alpha value is -0.420. The SMILES string of the molecule is CC1=CC2C(C(C)C)CCC2(C)C(SC#N)CC1. The van der Waals surface area contributed by atoms with Crippen LogP contribution in [0.3, 0.4) is 0 Å². The van der Waals surface area contributed by atoms with Gasteiger partial charge in [-0.15, -0.1) is 0 Å². The Kier molecular flexibility index (Phi) is 4.11. The van der Waals surface area contributed by atoms with E-state index in [0.717, 1.165) is 11.8 Å². The fourth-order valence-corrected chi connectivity index (χ4v) is 4.99. The van der Waals surface area contributed by atoms with Gasteiger partial charge in [0.25, 0.3) is 0 Å². The fourth-order valence-electron chi connectivity index (χ4n) is 4.09. The smallest absolute Gasteiger partial charge is 0.133 e. The first kappa shape index (κ1) is 14.0. The van der Waals surface area contributed by atoms with Gasteiger partial charge in [0.1, 0.15) is 5.40 Å². The standard InChI is InChI=1S/C16H25NS/c1-11(2)13-7-8-16(4)14(13)9-12(3)5-6-15(16)18-10-17/h9,11,13-15H,5-8H2,1-4H3. The number of nitriles is 1. The van der Waals surface area contributed by atoms with E-state index >= 15 is 0 Å². The zero-order valence-electron chi connectivity index (χ0n) is 12.1. The molecule has 0 saturated heterocycles. The van der Waals surface area contributed by atoms with E-state index in [2.05, 4.69) is 39.2 Å². The number of rotatable bonds is 2. The molecule has 2 aliphatic rings. The lowest BCUT2D eigenvalue weighted by molar-refractivity contribution is 0.208. The van der Waals surface area contributed by atoms with Crippen molar-refractivity contribution in [1.29, 1.82) is 5.26 Å². The number of hydrogen-bond acceptors (Lipinski definition) is 2. The van der Waals surface area contributed by atoms with E-state index in [4.69, 9.17) is 5.26 Å². The first-order valence-electron chi connectivity index (χ1n) is 7.21. The van der Waals surface area contributed by atoms with Gasteiger partial charge in [-0.2, -0.15) is 5.26 Å². The second kappa shape index (κ2) is 5.29. The van der Waals surface area contributed by atoms with E-state index in [1.54, 1.807) is 5.57 Å². The van der Waals surface area contributed by atoms with Gasteiger partial charge in [0.15, 0.2) is 0 Å². The summed E-state index contributed by atoms with van der Waals surface area (Å²) in [4.78, 5) is 0. The lowest BCUT2D eigenvalue weighted by Gasteiger charge is -2.37. The Morgan fingerprint density at radius 3 is 2.78 bits per heavy atom. The highest BCUT2D eigenvalue weighted by atomic mass is 32.2. The molecule has 0 aromatic carbocycles. The number of thioether (sulfide) groups is 1. The third-order valence-electron chi connectivity index (χ3n) is 5.29. The van der Waals surface area contributed by atoms with Crippen LogP contribution in [0.15, 0.2) is 11.6 Å². The number of hydrogen-bond donors (Lipinski definition) is 0. The molecule has 0 heterocycles. The lowest BCUT2D eigenvalue weighted by atomic mass is 9.72. The summed E-state index contributed by atoms with van der Waals surface area (Å²) in [6, 6.07) is 0. The fraction of sp³-hybridized carbons (Fsp3) is 0.812. The number of thiocyanates is 1. The molecule has 0 amide bonds. The van der Waals surface area contributed by atoms with Gasteiger partial charge in [-0.1, -0.05) is 32.4 Å². The van der Waals surface area contributed by atoms with Crippen molar-refractivity contribution in [3.05, 3.63) is 11.6 Å². The van der Waals surface area contributed by atoms with Crippen LogP contribution in [-0.2, 0) is 0 Å². The zero-order chi connectivity index (χ0) is 13.3. The van der Waals surface area contributed by atoms with E-state index in [1.807, 2.05) is 0 Å². The van der Waals surface area contributed by atoms with Gasteiger partial charge in [-0.25, -0.2) is 0 Å². The molecule has 0 aromatic rings. The summed E-state index contributed by atoms with van der Waals surface area (Å²) in [7, 11) is 0. The summed E-state index contributed by atoms with van der Waals surface area (Å²) in [5.74, 6) is 2.25. The summed E-state index contributed by atoms with van der Waals surface area (Å²) in [5, 5.41) is 12.0. The molecule has 2 rings (SSSR count). The Bertz CT molecular complexity index is 379. The van der Waals surface area contributed by atoms with Gasteiger partial charge in [0.2, 0.25) is 0 Å². The first-order chi connectivity index (χ1) is 8.49. The van der Waals surface area contributed by atoms with Crippen LogP contribution in [-0.4, -0.2) is 5.25 Å². The van der Waals surface area contributed by atoms with Crippen LogP contribution in [0.5, 0.6) is 0 Å². The molecule has 0 radical (unpaired) electrons. The Morgan fingerprint density at radius 1 is 1.44 bits per heavy atom. The Morgan fingerprint density at radius 2 is 2.17 bits per heavy atom. The quantitative estimate of drug-likeness (QED) is 0.517. The minimum absolute atomic E-state index is 0.340. The molecule has 0 bridgehead atoms. The highest BCUT2D eigenvalue weighted by Crippen LogP contribution is 2.57. The summed E-state index contributed by atoms with van der Waals surface area (Å²) in [6.45, 7) is 9.42. The molecule has 18 heavy (non-hydrogen) atoms. The van der Waals surface area contributed by atoms with Crippen LogP contribution in [0.4, 0.5) is 0 Å². The molecule has 0 spiro atoms. The van der Waals surface area contributed by atoms with Gasteiger partial charge < -0.3 is 0 Å². The third-order valence-corrected chi connectivity index (χ3v) is 6.45. The van der Waals surface area contributed by atoms with Crippen LogP contribution in [0, 0.1) is 33.8 Å². The van der Waals surface area contributed by atoms with Gasteiger partial charge in [-0.05, 0) is 67.5 Å². The second-order valence-electron chi connectivity index (χ2n) is 6.73. The second-order valence-corrected chi connectivity index (χ2v) is 7.71. The van der Waals surface area contributed by atoms with Gasteiger partial charge in [0.05, 0.1) is 0 Å². The molecule has 0 aliphatic heterocycles. The highest BCUT2D eigenvalue weighted by molar-refractivity contribution is 8.04. The third kappa shape index (κ3) is 2.35. The number of nitrogens with zero attached hydrogens (tertiary/aromatic N) is 1. The van der Waals surface area contributed by atoms with Gasteiger partial charge in [0, 0.05) is 5.25 Å². The van der Waals surface area contributed by atoms with Crippen molar-refractivity contribution in [3.8, 4) is 5.40 Å². The van der Waals surface area contributed by atoms with E-state index < -0.39 is 0 Å².